The van der Waals surface area contributed by atoms with E-state index < -0.39 is 0 Å². The normalized spacial score (nSPS) is 14.4. The Bertz CT molecular complexity index is 881. The number of para-hydroxylation sites is 1. The summed E-state index contributed by atoms with van der Waals surface area (Å²) in [5, 5.41) is 20.9. The second kappa shape index (κ2) is 14.0. The SMILES string of the molecule is CCNC(=NCCCc1nn(-c2ccccc2)c(N)c1C#N)NCCN1CCCCC1.I. The number of halogens is 1. The molecule has 0 spiro atoms. The molecule has 2 aromatic rings. The molecule has 3 rings (SSSR count). The van der Waals surface area contributed by atoms with Crippen LogP contribution in [0.5, 0.6) is 0 Å². The number of nitrogens with one attached hydrogen (secondary N) is 2. The number of nitriles is 1. The van der Waals surface area contributed by atoms with Crippen molar-refractivity contribution >= 4 is 35.8 Å². The summed E-state index contributed by atoms with van der Waals surface area (Å²) in [6.45, 7) is 7.90. The van der Waals surface area contributed by atoms with Gasteiger partial charge < -0.3 is 21.3 Å². The van der Waals surface area contributed by atoms with Crippen LogP contribution in [0, 0.1) is 11.3 Å². The molecule has 32 heavy (non-hydrogen) atoms. The molecule has 8 nitrogen and oxygen atoms in total. The number of nitrogens with two attached hydrogens (primary N) is 1. The summed E-state index contributed by atoms with van der Waals surface area (Å²) in [7, 11) is 0. The van der Waals surface area contributed by atoms with Crippen molar-refractivity contribution in [2.45, 2.75) is 39.0 Å². The predicted molar refractivity (Wildman–Crippen MR) is 141 cm³/mol. The Kier molecular flexibility index (Phi) is 11.3. The number of aliphatic imine (C=N–C) groups is 1. The molecular formula is C23H35IN8. The molecule has 9 heteroatoms. The van der Waals surface area contributed by atoms with Crippen LogP contribution in [0.2, 0.25) is 0 Å². The lowest BCUT2D eigenvalue weighted by atomic mass is 10.1. The standard InChI is InChI=1S/C23H34N8.HI/c1-2-26-23(28-14-17-30-15-7-4-8-16-30)27-13-9-12-21-20(18-24)22(25)31(29-21)19-10-5-3-6-11-19;/h3,5-6,10-11H,2,4,7-9,12-17,25H2,1H3,(H2,26,27,28);1H. The van der Waals surface area contributed by atoms with Crippen LogP contribution in [-0.2, 0) is 6.42 Å². The average molecular weight is 550 g/mol. The van der Waals surface area contributed by atoms with Gasteiger partial charge in [-0.3, -0.25) is 4.99 Å². The first-order chi connectivity index (χ1) is 15.2. The Balaban J connectivity index is 0.00000363. The summed E-state index contributed by atoms with van der Waals surface area (Å²) in [5.41, 5.74) is 8.22. The van der Waals surface area contributed by atoms with Gasteiger partial charge in [0.25, 0.3) is 0 Å². The fraction of sp³-hybridized carbons (Fsp3) is 0.522. The van der Waals surface area contributed by atoms with Crippen LogP contribution in [0.3, 0.4) is 0 Å². The summed E-state index contributed by atoms with van der Waals surface area (Å²) in [6, 6.07) is 11.9. The molecule has 4 N–H and O–H groups in total. The van der Waals surface area contributed by atoms with Gasteiger partial charge in [-0.15, -0.1) is 24.0 Å². The zero-order chi connectivity index (χ0) is 21.9. The van der Waals surface area contributed by atoms with Crippen LogP contribution in [0.15, 0.2) is 35.3 Å². The molecule has 0 atom stereocenters. The zero-order valence-electron chi connectivity index (χ0n) is 18.9. The highest BCUT2D eigenvalue weighted by atomic mass is 127. The third kappa shape index (κ3) is 7.38. The molecule has 0 radical (unpaired) electrons. The van der Waals surface area contributed by atoms with Crippen molar-refractivity contribution in [1.29, 1.82) is 5.26 Å². The van der Waals surface area contributed by atoms with Crippen LogP contribution < -0.4 is 16.4 Å². The lowest BCUT2D eigenvalue weighted by Gasteiger charge is -2.26. The van der Waals surface area contributed by atoms with Crippen molar-refractivity contribution in [1.82, 2.24) is 25.3 Å². The minimum Gasteiger partial charge on any atom is -0.382 e. The Morgan fingerprint density at radius 3 is 2.62 bits per heavy atom. The molecule has 1 aliphatic heterocycles. The maximum Gasteiger partial charge on any atom is 0.191 e. The first kappa shape index (κ1) is 25.9. The molecule has 0 amide bonds. The molecule has 1 aromatic carbocycles. The number of benzene rings is 1. The van der Waals surface area contributed by atoms with Gasteiger partial charge in [0.05, 0.1) is 11.4 Å². The van der Waals surface area contributed by atoms with Crippen LogP contribution in [0.25, 0.3) is 5.69 Å². The Morgan fingerprint density at radius 1 is 1.19 bits per heavy atom. The molecule has 1 aromatic heterocycles. The van der Waals surface area contributed by atoms with E-state index >= 15 is 0 Å². The molecule has 1 saturated heterocycles. The summed E-state index contributed by atoms with van der Waals surface area (Å²) in [4.78, 5) is 7.19. The quantitative estimate of drug-likeness (QED) is 0.192. The second-order valence-electron chi connectivity index (χ2n) is 7.76. The van der Waals surface area contributed by atoms with Crippen molar-refractivity contribution in [3.8, 4) is 11.8 Å². The van der Waals surface area contributed by atoms with Crippen molar-refractivity contribution in [3.63, 3.8) is 0 Å². The fourth-order valence-corrected chi connectivity index (χ4v) is 3.84. The monoisotopic (exact) mass is 550 g/mol. The van der Waals surface area contributed by atoms with Gasteiger partial charge in [0.1, 0.15) is 17.5 Å². The summed E-state index contributed by atoms with van der Waals surface area (Å²) in [5.74, 6) is 1.23. The van der Waals surface area contributed by atoms with E-state index in [9.17, 15) is 5.26 Å². The number of rotatable bonds is 9. The first-order valence-corrected chi connectivity index (χ1v) is 11.3. The largest absolute Gasteiger partial charge is 0.382 e. The van der Waals surface area contributed by atoms with Gasteiger partial charge in [-0.25, -0.2) is 4.68 Å². The smallest absolute Gasteiger partial charge is 0.191 e. The number of hydrogen-bond acceptors (Lipinski definition) is 5. The summed E-state index contributed by atoms with van der Waals surface area (Å²) >= 11 is 0. The summed E-state index contributed by atoms with van der Waals surface area (Å²) in [6.07, 6.45) is 5.43. The minimum absolute atomic E-state index is 0. The fourth-order valence-electron chi connectivity index (χ4n) is 3.84. The van der Waals surface area contributed by atoms with E-state index in [1.54, 1.807) is 4.68 Å². The second-order valence-corrected chi connectivity index (χ2v) is 7.76. The van der Waals surface area contributed by atoms with Crippen molar-refractivity contribution in [3.05, 3.63) is 41.6 Å². The van der Waals surface area contributed by atoms with Gasteiger partial charge in [0.15, 0.2) is 5.96 Å². The number of likely N-dealkylation sites (tertiary alicyclic amines) is 1. The lowest BCUT2D eigenvalue weighted by molar-refractivity contribution is 0.232. The van der Waals surface area contributed by atoms with E-state index in [1.165, 1.54) is 32.4 Å². The van der Waals surface area contributed by atoms with E-state index in [4.69, 9.17) is 5.73 Å². The van der Waals surface area contributed by atoms with Gasteiger partial charge in [0.2, 0.25) is 0 Å². The molecule has 174 valence electrons. The minimum atomic E-state index is 0. The van der Waals surface area contributed by atoms with E-state index in [0.717, 1.165) is 43.4 Å². The van der Waals surface area contributed by atoms with Crippen LogP contribution >= 0.6 is 24.0 Å². The highest BCUT2D eigenvalue weighted by Gasteiger charge is 2.16. The van der Waals surface area contributed by atoms with Gasteiger partial charge in [-0.1, -0.05) is 24.6 Å². The molecule has 0 unspecified atom stereocenters. The number of aryl methyl sites for hydroxylation is 1. The van der Waals surface area contributed by atoms with E-state index in [0.29, 0.717) is 24.3 Å². The highest BCUT2D eigenvalue weighted by molar-refractivity contribution is 14.0. The third-order valence-corrected chi connectivity index (χ3v) is 5.46. The van der Waals surface area contributed by atoms with E-state index in [2.05, 4.69) is 38.6 Å². The number of nitrogen functional groups attached to an aromatic ring is 1. The maximum atomic E-state index is 9.54. The third-order valence-electron chi connectivity index (χ3n) is 5.46. The van der Waals surface area contributed by atoms with Crippen LogP contribution in [-0.4, -0.2) is 59.9 Å². The molecule has 1 fully saturated rings. The van der Waals surface area contributed by atoms with Crippen molar-refractivity contribution in [2.75, 3.05) is 45.0 Å². The highest BCUT2D eigenvalue weighted by Crippen LogP contribution is 2.21. The first-order valence-electron chi connectivity index (χ1n) is 11.3. The summed E-state index contributed by atoms with van der Waals surface area (Å²) < 4.78 is 1.64. The molecular weight excluding hydrogens is 515 g/mol. The van der Waals surface area contributed by atoms with Gasteiger partial charge in [0, 0.05) is 26.2 Å². The van der Waals surface area contributed by atoms with Crippen LogP contribution in [0.1, 0.15) is 43.9 Å². The van der Waals surface area contributed by atoms with Gasteiger partial charge >= 0.3 is 0 Å². The Hall–Kier alpha value is -2.32. The molecule has 0 aliphatic carbocycles. The number of nitrogens with zero attached hydrogens (tertiary/aromatic N) is 5. The Morgan fingerprint density at radius 2 is 1.94 bits per heavy atom. The van der Waals surface area contributed by atoms with Crippen molar-refractivity contribution < 1.29 is 0 Å². The number of piperidine rings is 1. The lowest BCUT2D eigenvalue weighted by Crippen LogP contribution is -2.42. The number of anilines is 1. The average Bonchev–Trinajstić information content (AvgIpc) is 3.13. The molecule has 0 bridgehead atoms. The van der Waals surface area contributed by atoms with Gasteiger partial charge in [-0.2, -0.15) is 10.4 Å². The van der Waals surface area contributed by atoms with Gasteiger partial charge in [-0.05, 0) is 57.8 Å². The topological polar surface area (TPSA) is 107 Å². The molecule has 0 saturated carbocycles. The number of aromatic nitrogens is 2. The predicted octanol–water partition coefficient (Wildman–Crippen LogP) is 2.92. The number of guanidine groups is 1. The van der Waals surface area contributed by atoms with E-state index in [-0.39, 0.29) is 24.0 Å². The van der Waals surface area contributed by atoms with Crippen molar-refractivity contribution in [2.24, 2.45) is 4.99 Å². The zero-order valence-corrected chi connectivity index (χ0v) is 21.2. The molecule has 1 aliphatic rings. The number of hydrogen-bond donors (Lipinski definition) is 3. The van der Waals surface area contributed by atoms with E-state index in [1.807, 2.05) is 30.3 Å². The molecule has 2 heterocycles. The maximum absolute atomic E-state index is 9.54. The van der Waals surface area contributed by atoms with Crippen LogP contribution in [0.4, 0.5) is 5.82 Å². The Labute approximate surface area is 208 Å².